The molecule has 8 heteroatoms. The minimum atomic E-state index is -1.49. The lowest BCUT2D eigenvalue weighted by atomic mass is 10.3. The molecule has 2 N–H and O–H groups in total. The van der Waals surface area contributed by atoms with Crippen molar-refractivity contribution in [2.24, 2.45) is 0 Å². The molecule has 0 saturated carbocycles. The largest absolute Gasteiger partial charge is 0.606 e. The van der Waals surface area contributed by atoms with E-state index in [-0.39, 0.29) is 11.5 Å². The summed E-state index contributed by atoms with van der Waals surface area (Å²) in [7, 11) is 0. The zero-order valence-electron chi connectivity index (χ0n) is 11.0. The van der Waals surface area contributed by atoms with Crippen molar-refractivity contribution in [3.05, 3.63) is 48.5 Å². The smallest absolute Gasteiger partial charge is 0.511 e. The summed E-state index contributed by atoms with van der Waals surface area (Å²) in [5.41, 5.74) is 0. The van der Waals surface area contributed by atoms with Crippen LogP contribution >= 0.6 is 0 Å². The lowest BCUT2D eigenvalue weighted by Gasteiger charge is -2.10. The molecular formula is C14H10O7S. The van der Waals surface area contributed by atoms with E-state index < -0.39 is 23.5 Å². The van der Waals surface area contributed by atoms with Crippen molar-refractivity contribution in [3.8, 4) is 11.5 Å². The summed E-state index contributed by atoms with van der Waals surface area (Å²) in [6, 6.07) is 11.5. The Hall–Kier alpha value is -2.71. The third-order valence-electron chi connectivity index (χ3n) is 2.49. The Kier molecular flexibility index (Phi) is 4.87. The summed E-state index contributed by atoms with van der Waals surface area (Å²) in [6.45, 7) is 0. The van der Waals surface area contributed by atoms with Crippen LogP contribution in [0.4, 0.5) is 9.59 Å². The predicted molar refractivity (Wildman–Crippen MR) is 74.9 cm³/mol. The first-order valence-electron chi connectivity index (χ1n) is 5.89. The molecule has 2 aromatic carbocycles. The minimum absolute atomic E-state index is 0.124. The van der Waals surface area contributed by atoms with Crippen LogP contribution in [0.2, 0.25) is 0 Å². The Bertz CT molecular complexity index is 607. The molecule has 22 heavy (non-hydrogen) atoms. The zero-order chi connectivity index (χ0) is 16.1. The fourth-order valence-electron chi connectivity index (χ4n) is 1.60. The van der Waals surface area contributed by atoms with E-state index in [1.807, 2.05) is 0 Å². The maximum Gasteiger partial charge on any atom is 0.511 e. The topological polar surface area (TPSA) is 116 Å². The van der Waals surface area contributed by atoms with Gasteiger partial charge in [-0.1, -0.05) is 0 Å². The van der Waals surface area contributed by atoms with Gasteiger partial charge in [0.2, 0.25) is 0 Å². The number of hydrogen-bond acceptors (Lipinski definition) is 5. The van der Waals surface area contributed by atoms with Crippen LogP contribution in [0, 0.1) is 0 Å². The number of ether oxygens (including phenoxy) is 2. The highest BCUT2D eigenvalue weighted by molar-refractivity contribution is 7.91. The molecule has 0 aliphatic carbocycles. The third-order valence-corrected chi connectivity index (χ3v) is 3.89. The molecule has 2 aromatic rings. The first-order chi connectivity index (χ1) is 10.5. The van der Waals surface area contributed by atoms with Gasteiger partial charge in [0.1, 0.15) is 11.5 Å². The van der Waals surface area contributed by atoms with Gasteiger partial charge in [-0.25, -0.2) is 9.59 Å². The quantitative estimate of drug-likeness (QED) is 0.505. The third kappa shape index (κ3) is 4.14. The molecule has 0 bridgehead atoms. The van der Waals surface area contributed by atoms with Crippen LogP contribution in [-0.2, 0) is 11.2 Å². The number of carbonyl (C=O) groups is 2. The van der Waals surface area contributed by atoms with Gasteiger partial charge in [0, 0.05) is 11.2 Å². The van der Waals surface area contributed by atoms with E-state index in [9.17, 15) is 14.1 Å². The fraction of sp³-hybridized carbons (Fsp3) is 0. The number of benzene rings is 2. The van der Waals surface area contributed by atoms with E-state index in [1.54, 1.807) is 0 Å². The average Bonchev–Trinajstić information content (AvgIpc) is 2.47. The van der Waals surface area contributed by atoms with Gasteiger partial charge in [-0.2, -0.15) is 0 Å². The summed E-state index contributed by atoms with van der Waals surface area (Å²) in [6.07, 6.45) is -2.86. The Labute approximate surface area is 127 Å². The SMILES string of the molecule is O=C(O)Oc1ccc([S+]([O-])c2ccc(OC(=O)O)cc2)cc1. The van der Waals surface area contributed by atoms with Crippen LogP contribution in [-0.4, -0.2) is 27.1 Å². The van der Waals surface area contributed by atoms with E-state index in [0.29, 0.717) is 9.79 Å². The Morgan fingerprint density at radius 3 is 1.36 bits per heavy atom. The zero-order valence-corrected chi connectivity index (χ0v) is 11.8. The predicted octanol–water partition coefficient (Wildman–Crippen LogP) is 2.97. The molecule has 0 amide bonds. The van der Waals surface area contributed by atoms with Crippen LogP contribution in [0.5, 0.6) is 11.5 Å². The highest BCUT2D eigenvalue weighted by Gasteiger charge is 2.15. The van der Waals surface area contributed by atoms with E-state index in [2.05, 4.69) is 9.47 Å². The summed E-state index contributed by atoms with van der Waals surface area (Å²) < 4.78 is 21.2. The Morgan fingerprint density at radius 2 is 1.09 bits per heavy atom. The molecule has 0 heterocycles. The first-order valence-corrected chi connectivity index (χ1v) is 7.04. The molecule has 0 aromatic heterocycles. The van der Waals surface area contributed by atoms with E-state index in [0.717, 1.165) is 0 Å². The van der Waals surface area contributed by atoms with Crippen LogP contribution < -0.4 is 9.47 Å². The molecule has 0 aliphatic rings. The molecule has 0 radical (unpaired) electrons. The van der Waals surface area contributed by atoms with Gasteiger partial charge < -0.3 is 24.2 Å². The highest BCUT2D eigenvalue weighted by Crippen LogP contribution is 2.24. The lowest BCUT2D eigenvalue weighted by molar-refractivity contribution is 0.143. The maximum absolute atomic E-state index is 12.3. The summed E-state index contributed by atoms with van der Waals surface area (Å²) in [5, 5.41) is 17.0. The molecule has 0 atom stereocenters. The van der Waals surface area contributed by atoms with Gasteiger partial charge in [-0.15, -0.1) is 0 Å². The molecule has 0 aliphatic heterocycles. The molecule has 0 spiro atoms. The lowest BCUT2D eigenvalue weighted by Crippen LogP contribution is -2.05. The minimum Gasteiger partial charge on any atom is -0.606 e. The second-order valence-electron chi connectivity index (χ2n) is 3.95. The van der Waals surface area contributed by atoms with Crippen LogP contribution in [0.3, 0.4) is 0 Å². The molecule has 2 rings (SSSR count). The van der Waals surface area contributed by atoms with Crippen LogP contribution in [0.1, 0.15) is 0 Å². The standard InChI is InChI=1S/C14H10O7S/c15-13(16)20-9-1-5-11(6-2-9)22(19)12-7-3-10(4-8-12)21-14(17)18/h1-8H,(H,15,16)(H,17,18). The van der Waals surface area contributed by atoms with Gasteiger partial charge in [-0.3, -0.25) is 0 Å². The number of carboxylic acid groups (broad SMARTS) is 2. The second kappa shape index (κ2) is 6.83. The Balaban J connectivity index is 2.11. The van der Waals surface area contributed by atoms with Crippen molar-refractivity contribution >= 4 is 23.5 Å². The normalized spacial score (nSPS) is 10.3. The fourth-order valence-corrected chi connectivity index (χ4v) is 2.64. The molecule has 114 valence electrons. The molecular weight excluding hydrogens is 312 g/mol. The Morgan fingerprint density at radius 1 is 0.773 bits per heavy atom. The van der Waals surface area contributed by atoms with Crippen molar-refractivity contribution in [2.75, 3.05) is 0 Å². The van der Waals surface area contributed by atoms with Gasteiger partial charge >= 0.3 is 12.3 Å². The maximum atomic E-state index is 12.3. The molecule has 7 nitrogen and oxygen atoms in total. The van der Waals surface area contributed by atoms with Gasteiger partial charge in [0.15, 0.2) is 9.79 Å². The van der Waals surface area contributed by atoms with Gasteiger partial charge in [0.25, 0.3) is 0 Å². The van der Waals surface area contributed by atoms with Crippen molar-refractivity contribution in [1.29, 1.82) is 0 Å². The summed E-state index contributed by atoms with van der Waals surface area (Å²) in [5.74, 6) is 0.247. The van der Waals surface area contributed by atoms with Crippen molar-refractivity contribution in [1.82, 2.24) is 0 Å². The monoisotopic (exact) mass is 322 g/mol. The second-order valence-corrected chi connectivity index (χ2v) is 5.43. The average molecular weight is 322 g/mol. The molecule has 0 saturated heterocycles. The first kappa shape index (κ1) is 15.7. The highest BCUT2D eigenvalue weighted by atomic mass is 32.2. The molecule has 0 fully saturated rings. The van der Waals surface area contributed by atoms with Crippen molar-refractivity contribution < 1.29 is 33.8 Å². The van der Waals surface area contributed by atoms with E-state index in [4.69, 9.17) is 10.2 Å². The van der Waals surface area contributed by atoms with Gasteiger partial charge in [-0.05, 0) is 48.5 Å². The van der Waals surface area contributed by atoms with Crippen molar-refractivity contribution in [2.45, 2.75) is 9.79 Å². The molecule has 0 unspecified atom stereocenters. The number of hydrogen-bond donors (Lipinski definition) is 2. The van der Waals surface area contributed by atoms with E-state index >= 15 is 0 Å². The van der Waals surface area contributed by atoms with Crippen molar-refractivity contribution in [3.63, 3.8) is 0 Å². The van der Waals surface area contributed by atoms with Crippen LogP contribution in [0.25, 0.3) is 0 Å². The summed E-state index contributed by atoms with van der Waals surface area (Å²) in [4.78, 5) is 21.7. The van der Waals surface area contributed by atoms with Gasteiger partial charge in [0.05, 0.1) is 0 Å². The van der Waals surface area contributed by atoms with Crippen LogP contribution in [0.15, 0.2) is 58.3 Å². The van der Waals surface area contributed by atoms with E-state index in [1.165, 1.54) is 48.5 Å². The summed E-state index contributed by atoms with van der Waals surface area (Å²) >= 11 is -1.49. The number of rotatable bonds is 4.